The molecule has 0 saturated carbocycles. The molecule has 0 radical (unpaired) electrons. The van der Waals surface area contributed by atoms with E-state index in [9.17, 15) is 58.7 Å². The van der Waals surface area contributed by atoms with E-state index in [2.05, 4.69) is 21.0 Å². The Hall–Kier alpha value is -8.45. The van der Waals surface area contributed by atoms with Crippen LogP contribution in [0.3, 0.4) is 0 Å². The van der Waals surface area contributed by atoms with Gasteiger partial charge in [-0.1, -0.05) is 91.0 Å². The lowest BCUT2D eigenvalue weighted by atomic mass is 9.98. The van der Waals surface area contributed by atoms with Gasteiger partial charge in [0.2, 0.25) is 11.8 Å². The van der Waals surface area contributed by atoms with Gasteiger partial charge < -0.3 is 23.7 Å². The fourth-order valence-corrected chi connectivity index (χ4v) is 9.56. The maximum Gasteiger partial charge on any atom is 0.416 e. The molecular formula is C63H63F9N6O9. The Kier molecular flexibility index (Phi) is 21.6. The molecule has 1 aromatic heterocycles. The number of benzene rings is 6. The summed E-state index contributed by atoms with van der Waals surface area (Å²) in [7, 11) is 0. The number of carbonyl (C=O) groups excluding carboxylic acids is 3. The molecule has 87 heavy (non-hydrogen) atoms. The van der Waals surface area contributed by atoms with Crippen molar-refractivity contribution in [1.29, 1.82) is 0 Å². The highest BCUT2D eigenvalue weighted by atomic mass is 19.4. The summed E-state index contributed by atoms with van der Waals surface area (Å²) in [5.41, 5.74) is 8.13. The highest BCUT2D eigenvalue weighted by Crippen LogP contribution is 2.38. The second kappa shape index (κ2) is 28.4. The zero-order chi connectivity index (χ0) is 63.2. The molecule has 7 aromatic rings. The number of nitrogens with zero attached hydrogens (tertiary/aromatic N) is 2. The smallest absolute Gasteiger partial charge is 0.416 e. The Morgan fingerprint density at radius 1 is 0.506 bits per heavy atom. The number of ether oxygens (including phenoxy) is 3. The van der Waals surface area contributed by atoms with Crippen molar-refractivity contribution in [3.8, 4) is 11.5 Å². The monoisotopic (exact) mass is 1220 g/mol. The van der Waals surface area contributed by atoms with Crippen LogP contribution in [-0.4, -0.2) is 70.0 Å². The zero-order valence-corrected chi connectivity index (χ0v) is 47.4. The van der Waals surface area contributed by atoms with Gasteiger partial charge in [0.1, 0.15) is 11.2 Å². The summed E-state index contributed by atoms with van der Waals surface area (Å²) in [6, 6.07) is 35.9. The molecule has 3 aliphatic rings. The van der Waals surface area contributed by atoms with Crippen molar-refractivity contribution in [2.24, 2.45) is 5.84 Å². The number of carbonyl (C=O) groups is 4. The fourth-order valence-electron chi connectivity index (χ4n) is 9.56. The van der Waals surface area contributed by atoms with E-state index in [1.54, 1.807) is 62.4 Å². The number of aromatic nitrogens is 2. The first kappa shape index (κ1) is 66.1. The quantitative estimate of drug-likeness (QED) is 0.0334. The predicted octanol–water partition coefficient (Wildman–Crippen LogP) is 12.5. The van der Waals surface area contributed by atoms with Crippen LogP contribution >= 0.6 is 0 Å². The van der Waals surface area contributed by atoms with Crippen LogP contribution in [0, 0.1) is 0 Å². The van der Waals surface area contributed by atoms with Gasteiger partial charge in [-0.05, 0) is 167 Å². The lowest BCUT2D eigenvalue weighted by molar-refractivity contribution is -0.157. The topological polar surface area (TPSA) is 217 Å². The Balaban J connectivity index is 0.000000175. The Morgan fingerprint density at radius 3 is 1.31 bits per heavy atom. The highest BCUT2D eigenvalue weighted by Gasteiger charge is 2.40. The van der Waals surface area contributed by atoms with E-state index in [0.29, 0.717) is 90.7 Å². The molecule has 3 fully saturated rings. The first-order valence-corrected chi connectivity index (χ1v) is 27.4. The number of aliphatic carboxylic acids is 1. The van der Waals surface area contributed by atoms with Crippen molar-refractivity contribution < 1.29 is 82.4 Å². The van der Waals surface area contributed by atoms with Gasteiger partial charge in [0.05, 0.1) is 16.7 Å². The van der Waals surface area contributed by atoms with Crippen LogP contribution in [0.1, 0.15) is 136 Å². The maximum absolute atomic E-state index is 12.8. The summed E-state index contributed by atoms with van der Waals surface area (Å²) in [6.45, 7) is 6.96. The molecule has 3 atom stereocenters. The van der Waals surface area contributed by atoms with Crippen LogP contribution in [0.25, 0.3) is 11.5 Å². The minimum absolute atomic E-state index is 0.274. The Morgan fingerprint density at radius 2 is 0.908 bits per heavy atom. The maximum atomic E-state index is 12.8. The van der Waals surface area contributed by atoms with Gasteiger partial charge in [-0.15, -0.1) is 10.2 Å². The summed E-state index contributed by atoms with van der Waals surface area (Å²) >= 11 is 0. The third-order valence-corrected chi connectivity index (χ3v) is 14.7. The number of rotatable bonds is 12. The van der Waals surface area contributed by atoms with Gasteiger partial charge in [0, 0.05) is 36.5 Å². The number of hydrogen-bond acceptors (Lipinski definition) is 11. The summed E-state index contributed by atoms with van der Waals surface area (Å²) in [6.07, 6.45) is -7.39. The average Bonchev–Trinajstić information content (AvgIpc) is 3.32. The standard InChI is InChI=1S/C21H21F3N2O3.C21H19F3N2O2.C15H13F3N2O.C6H10O3/c1-20(11-4-12-29-20)19(28)26-25-18(27)17-6-3-2-5-15(17)13-14-7-9-16(10-8-14)21(22,23)24;1-20(11-4-12-27-20)19-26-25-18(28-19)17-6-3-2-5-15(17)13-14-7-9-16(10-8-14)21(22,23)24;16-15(17,18)12-7-5-10(6-8-12)9-11-3-1-2-4-13(11)14(21)20-19;1-6(5(7)8)3-2-4-9-6/h2-3,5-10H,4,11-13H2,1H3,(H,25,27)(H,26,28);2-3,5-10H,4,11-13H2,1H3;1-8H,9,19H2,(H,20,21);2-4H2,1H3,(H,7,8). The molecule has 6 N–H and O–H groups in total. The number of nitrogens with one attached hydrogen (secondary N) is 3. The van der Waals surface area contributed by atoms with Gasteiger partial charge in [-0.2, -0.15) is 39.5 Å². The second-order valence-electron chi connectivity index (χ2n) is 21.2. The summed E-state index contributed by atoms with van der Waals surface area (Å²) in [4.78, 5) is 46.8. The van der Waals surface area contributed by atoms with Crippen molar-refractivity contribution in [1.82, 2.24) is 26.5 Å². The number of carboxylic acids is 1. The van der Waals surface area contributed by atoms with Crippen LogP contribution in [0.2, 0.25) is 0 Å². The van der Waals surface area contributed by atoms with E-state index < -0.39 is 75.7 Å². The van der Waals surface area contributed by atoms with Crippen molar-refractivity contribution in [3.63, 3.8) is 0 Å². The molecule has 15 nitrogen and oxygen atoms in total. The van der Waals surface area contributed by atoms with E-state index >= 15 is 0 Å². The Bertz CT molecular complexity index is 3450. The van der Waals surface area contributed by atoms with Crippen LogP contribution in [-0.2, 0) is 67.2 Å². The summed E-state index contributed by atoms with van der Waals surface area (Å²) in [5, 5.41) is 16.9. The second-order valence-corrected chi connectivity index (χ2v) is 21.2. The molecule has 6 aromatic carbocycles. The molecule has 0 spiro atoms. The first-order valence-electron chi connectivity index (χ1n) is 27.4. The van der Waals surface area contributed by atoms with E-state index in [1.807, 2.05) is 36.6 Å². The van der Waals surface area contributed by atoms with Gasteiger partial charge in [-0.25, -0.2) is 10.6 Å². The highest BCUT2D eigenvalue weighted by molar-refractivity contribution is 5.97. The number of nitrogens with two attached hydrogens (primary N) is 1. The lowest BCUT2D eigenvalue weighted by Gasteiger charge is -2.22. The van der Waals surface area contributed by atoms with Crippen molar-refractivity contribution in [2.75, 3.05) is 19.8 Å². The normalized spacial score (nSPS) is 19.0. The number of amides is 3. The SMILES string of the molecule is CC1(C(=O)NNC(=O)c2ccccc2Cc2ccc(C(F)(F)F)cc2)CCCO1.CC1(C(=O)O)CCCO1.CC1(c2nnc(-c3ccccc3Cc3ccc(C(F)(F)F)cc3)o2)CCCO1.NNC(=O)c1ccccc1Cc1ccc(C(F)(F)F)cc1. The van der Waals surface area contributed by atoms with Crippen LogP contribution < -0.4 is 22.1 Å². The molecular weight excluding hydrogens is 1160 g/mol. The molecule has 462 valence electrons. The lowest BCUT2D eigenvalue weighted by Crippen LogP contribution is -2.51. The number of carboxylic acid groups (broad SMARTS) is 1. The number of hydrogen-bond donors (Lipinski definition) is 5. The van der Waals surface area contributed by atoms with Gasteiger partial charge in [0.25, 0.3) is 17.7 Å². The molecule has 24 heteroatoms. The minimum Gasteiger partial charge on any atom is -0.479 e. The predicted molar refractivity (Wildman–Crippen MR) is 300 cm³/mol. The van der Waals surface area contributed by atoms with Gasteiger partial charge in [0.15, 0.2) is 5.60 Å². The molecule has 0 bridgehead atoms. The molecule has 0 aliphatic carbocycles. The van der Waals surface area contributed by atoms with Crippen LogP contribution in [0.5, 0.6) is 0 Å². The van der Waals surface area contributed by atoms with E-state index in [0.717, 1.165) is 78.8 Å². The van der Waals surface area contributed by atoms with Crippen molar-refractivity contribution in [2.45, 2.75) is 114 Å². The van der Waals surface area contributed by atoms with Gasteiger partial charge in [-0.3, -0.25) is 30.7 Å². The number of alkyl halides is 9. The Labute approximate surface area is 494 Å². The molecule has 3 aliphatic heterocycles. The molecule has 3 saturated heterocycles. The first-order chi connectivity index (χ1) is 41.1. The minimum atomic E-state index is -4.39. The molecule has 3 amide bonds. The van der Waals surface area contributed by atoms with E-state index in [1.165, 1.54) is 36.4 Å². The van der Waals surface area contributed by atoms with Crippen molar-refractivity contribution >= 4 is 23.7 Å². The number of nitrogen functional groups attached to an aromatic ring is 1. The van der Waals surface area contributed by atoms with E-state index in [4.69, 9.17) is 29.6 Å². The van der Waals surface area contributed by atoms with Gasteiger partial charge >= 0.3 is 24.5 Å². The third-order valence-electron chi connectivity index (χ3n) is 14.7. The van der Waals surface area contributed by atoms with Crippen molar-refractivity contribution in [3.05, 3.63) is 213 Å². The molecule has 10 rings (SSSR count). The third kappa shape index (κ3) is 17.8. The summed E-state index contributed by atoms with van der Waals surface area (Å²) < 4.78 is 136. The average molecular weight is 1220 g/mol. The molecule has 4 heterocycles. The molecule has 3 unspecified atom stereocenters. The summed E-state index contributed by atoms with van der Waals surface area (Å²) in [5.74, 6) is 3.72. The zero-order valence-electron chi connectivity index (χ0n) is 47.4. The largest absolute Gasteiger partial charge is 0.479 e. The fraction of sp³-hybridized carbons (Fsp3) is 0.333. The van der Waals surface area contributed by atoms with Crippen LogP contribution in [0.4, 0.5) is 39.5 Å². The number of halogens is 9. The van der Waals surface area contributed by atoms with Crippen LogP contribution in [0.15, 0.2) is 150 Å². The number of hydrazine groups is 2. The van der Waals surface area contributed by atoms with E-state index in [-0.39, 0.29) is 6.42 Å².